The number of methoxy groups -OCH3 is 1. The molecule has 3 rings (SSSR count). The number of amides is 1. The van der Waals surface area contributed by atoms with Crippen molar-refractivity contribution in [3.63, 3.8) is 0 Å². The minimum atomic E-state index is -0.559. The SMILES string of the molecule is COc1ccc(C(=O)NCCC(c2ccccc2)c2ccccc2)cc1[N+](=O)[O-]. The number of nitro benzene ring substituents is 1. The van der Waals surface area contributed by atoms with Crippen LogP contribution in [-0.2, 0) is 0 Å². The fourth-order valence-electron chi connectivity index (χ4n) is 3.30. The Kier molecular flexibility index (Phi) is 6.58. The van der Waals surface area contributed by atoms with Crippen LogP contribution in [0.2, 0.25) is 0 Å². The lowest BCUT2D eigenvalue weighted by Crippen LogP contribution is -2.26. The number of benzene rings is 3. The second-order valence-electron chi connectivity index (χ2n) is 6.56. The first-order valence-electron chi connectivity index (χ1n) is 9.30. The van der Waals surface area contributed by atoms with E-state index in [9.17, 15) is 14.9 Å². The van der Waals surface area contributed by atoms with Crippen LogP contribution < -0.4 is 10.1 Å². The van der Waals surface area contributed by atoms with Crippen molar-refractivity contribution in [2.45, 2.75) is 12.3 Å². The van der Waals surface area contributed by atoms with Crippen molar-refractivity contribution in [2.75, 3.05) is 13.7 Å². The molecule has 6 nitrogen and oxygen atoms in total. The summed E-state index contributed by atoms with van der Waals surface area (Å²) in [5.41, 5.74) is 2.35. The second-order valence-corrected chi connectivity index (χ2v) is 6.56. The quantitative estimate of drug-likeness (QED) is 0.452. The summed E-state index contributed by atoms with van der Waals surface area (Å²) < 4.78 is 4.98. The molecule has 0 aliphatic rings. The third kappa shape index (κ3) is 4.99. The number of nitrogens with zero attached hydrogens (tertiary/aromatic N) is 1. The molecular formula is C23H22N2O4. The maximum atomic E-state index is 12.5. The van der Waals surface area contributed by atoms with Gasteiger partial charge in [-0.25, -0.2) is 0 Å². The van der Waals surface area contributed by atoms with Crippen LogP contribution >= 0.6 is 0 Å². The Morgan fingerprint density at radius 3 is 2.10 bits per heavy atom. The highest BCUT2D eigenvalue weighted by Crippen LogP contribution is 2.29. The van der Waals surface area contributed by atoms with Gasteiger partial charge >= 0.3 is 5.69 Å². The molecule has 0 aromatic heterocycles. The Hall–Kier alpha value is -3.67. The molecule has 3 aromatic rings. The average molecular weight is 390 g/mol. The number of ether oxygens (including phenoxy) is 1. The zero-order valence-electron chi connectivity index (χ0n) is 16.1. The molecule has 0 bridgehead atoms. The van der Waals surface area contributed by atoms with E-state index in [0.717, 1.165) is 0 Å². The summed E-state index contributed by atoms with van der Waals surface area (Å²) in [6.07, 6.45) is 0.706. The fourth-order valence-corrected chi connectivity index (χ4v) is 3.30. The van der Waals surface area contributed by atoms with E-state index in [1.165, 1.54) is 36.4 Å². The van der Waals surface area contributed by atoms with Crippen LogP contribution in [0, 0.1) is 10.1 Å². The molecular weight excluding hydrogens is 368 g/mol. The highest BCUT2D eigenvalue weighted by atomic mass is 16.6. The summed E-state index contributed by atoms with van der Waals surface area (Å²) in [5.74, 6) is -0.0849. The van der Waals surface area contributed by atoms with E-state index in [0.29, 0.717) is 13.0 Å². The first kappa shape index (κ1) is 20.1. The van der Waals surface area contributed by atoms with Gasteiger partial charge in [0.15, 0.2) is 5.75 Å². The maximum Gasteiger partial charge on any atom is 0.311 e. The third-order valence-corrected chi connectivity index (χ3v) is 4.76. The van der Waals surface area contributed by atoms with Crippen LogP contribution in [0.3, 0.4) is 0 Å². The summed E-state index contributed by atoms with van der Waals surface area (Å²) >= 11 is 0. The molecule has 6 heteroatoms. The van der Waals surface area contributed by atoms with Crippen LogP contribution in [0.5, 0.6) is 5.75 Å². The van der Waals surface area contributed by atoms with Crippen molar-refractivity contribution in [1.82, 2.24) is 5.32 Å². The van der Waals surface area contributed by atoms with E-state index in [1.54, 1.807) is 0 Å². The molecule has 0 aliphatic heterocycles. The lowest BCUT2D eigenvalue weighted by molar-refractivity contribution is -0.385. The van der Waals surface area contributed by atoms with E-state index in [2.05, 4.69) is 29.6 Å². The Morgan fingerprint density at radius 2 is 1.59 bits per heavy atom. The monoisotopic (exact) mass is 390 g/mol. The summed E-state index contributed by atoms with van der Waals surface area (Å²) in [7, 11) is 1.36. The van der Waals surface area contributed by atoms with Gasteiger partial charge in [0, 0.05) is 24.1 Å². The molecule has 29 heavy (non-hydrogen) atoms. The summed E-state index contributed by atoms with van der Waals surface area (Å²) in [6.45, 7) is 0.438. The molecule has 0 heterocycles. The van der Waals surface area contributed by atoms with Crippen molar-refractivity contribution in [3.05, 3.63) is 106 Å². The van der Waals surface area contributed by atoms with Crippen LogP contribution in [0.15, 0.2) is 78.9 Å². The molecule has 148 valence electrons. The van der Waals surface area contributed by atoms with Crippen molar-refractivity contribution < 1.29 is 14.5 Å². The van der Waals surface area contributed by atoms with E-state index in [1.807, 2.05) is 36.4 Å². The lowest BCUT2D eigenvalue weighted by atomic mass is 9.88. The zero-order valence-corrected chi connectivity index (χ0v) is 16.1. The van der Waals surface area contributed by atoms with Crippen molar-refractivity contribution in [1.29, 1.82) is 0 Å². The minimum absolute atomic E-state index is 0.125. The first-order valence-corrected chi connectivity index (χ1v) is 9.30. The molecule has 1 N–H and O–H groups in total. The fraction of sp³-hybridized carbons (Fsp3) is 0.174. The molecule has 0 unspecified atom stereocenters. The molecule has 0 spiro atoms. The van der Waals surface area contributed by atoms with Gasteiger partial charge < -0.3 is 10.1 Å². The number of hydrogen-bond acceptors (Lipinski definition) is 4. The minimum Gasteiger partial charge on any atom is -0.490 e. The molecule has 0 atom stereocenters. The number of hydrogen-bond donors (Lipinski definition) is 1. The van der Waals surface area contributed by atoms with Crippen molar-refractivity contribution in [3.8, 4) is 5.75 Å². The van der Waals surface area contributed by atoms with Crippen LogP contribution in [-0.4, -0.2) is 24.5 Å². The van der Waals surface area contributed by atoms with E-state index < -0.39 is 4.92 Å². The maximum absolute atomic E-state index is 12.5. The van der Waals surface area contributed by atoms with Crippen LogP contribution in [0.1, 0.15) is 33.8 Å². The van der Waals surface area contributed by atoms with Gasteiger partial charge in [0.05, 0.1) is 12.0 Å². The standard InChI is InChI=1S/C23H22N2O4/c1-29-22-13-12-19(16-21(22)25(27)28)23(26)24-15-14-20(17-8-4-2-5-9-17)18-10-6-3-7-11-18/h2-13,16,20H,14-15H2,1H3,(H,24,26). The Morgan fingerprint density at radius 1 is 1.00 bits per heavy atom. The third-order valence-electron chi connectivity index (χ3n) is 4.76. The molecule has 1 amide bonds. The van der Waals surface area contributed by atoms with Gasteiger partial charge in [0.25, 0.3) is 5.91 Å². The largest absolute Gasteiger partial charge is 0.490 e. The molecule has 0 fully saturated rings. The van der Waals surface area contributed by atoms with Gasteiger partial charge in [-0.3, -0.25) is 14.9 Å². The van der Waals surface area contributed by atoms with Gasteiger partial charge in [-0.2, -0.15) is 0 Å². The van der Waals surface area contributed by atoms with Crippen LogP contribution in [0.25, 0.3) is 0 Å². The second kappa shape index (κ2) is 9.50. The normalized spacial score (nSPS) is 10.6. The molecule has 0 saturated carbocycles. The number of rotatable bonds is 8. The predicted octanol–water partition coefficient (Wildman–Crippen LogP) is 4.56. The van der Waals surface area contributed by atoms with Crippen molar-refractivity contribution >= 4 is 11.6 Å². The highest BCUT2D eigenvalue weighted by Gasteiger charge is 2.19. The number of nitrogens with one attached hydrogen (secondary N) is 1. The smallest absolute Gasteiger partial charge is 0.311 e. The number of nitro groups is 1. The Bertz CT molecular complexity index is 935. The Balaban J connectivity index is 1.71. The molecule has 0 saturated heterocycles. The van der Waals surface area contributed by atoms with Gasteiger partial charge in [0.1, 0.15) is 0 Å². The topological polar surface area (TPSA) is 81.5 Å². The van der Waals surface area contributed by atoms with E-state index >= 15 is 0 Å². The van der Waals surface area contributed by atoms with Crippen molar-refractivity contribution in [2.24, 2.45) is 0 Å². The average Bonchev–Trinajstić information content (AvgIpc) is 2.77. The highest BCUT2D eigenvalue weighted by molar-refractivity contribution is 5.95. The van der Waals surface area contributed by atoms with Gasteiger partial charge in [0.2, 0.25) is 0 Å². The summed E-state index contributed by atoms with van der Waals surface area (Å²) in [6, 6.07) is 24.4. The number of carbonyl (C=O) groups is 1. The Labute approximate surface area is 169 Å². The predicted molar refractivity (Wildman–Crippen MR) is 111 cm³/mol. The van der Waals surface area contributed by atoms with Gasteiger partial charge in [-0.15, -0.1) is 0 Å². The zero-order chi connectivity index (χ0) is 20.6. The van der Waals surface area contributed by atoms with Crippen LogP contribution in [0.4, 0.5) is 5.69 Å². The summed E-state index contributed by atoms with van der Waals surface area (Å²) in [4.78, 5) is 23.1. The van der Waals surface area contributed by atoms with Gasteiger partial charge in [-0.05, 0) is 29.7 Å². The number of carbonyl (C=O) groups excluding carboxylic acids is 1. The molecule has 0 radical (unpaired) electrons. The van der Waals surface area contributed by atoms with Gasteiger partial charge in [-0.1, -0.05) is 60.7 Å². The van der Waals surface area contributed by atoms with E-state index in [-0.39, 0.29) is 28.8 Å². The lowest BCUT2D eigenvalue weighted by Gasteiger charge is -2.18. The molecule has 0 aliphatic carbocycles. The van der Waals surface area contributed by atoms with E-state index in [4.69, 9.17) is 4.74 Å². The first-order chi connectivity index (χ1) is 14.1. The molecule has 3 aromatic carbocycles. The summed E-state index contributed by atoms with van der Waals surface area (Å²) in [5, 5.41) is 14.0.